The minimum Gasteiger partial charge on any atom is -0.483 e. The lowest BCUT2D eigenvalue weighted by molar-refractivity contribution is -0.118. The molecule has 5 nitrogen and oxygen atoms in total. The van der Waals surface area contributed by atoms with E-state index in [1.807, 2.05) is 38.1 Å². The Balaban J connectivity index is 2.01. The Morgan fingerprint density at radius 1 is 1.00 bits per heavy atom. The number of ether oxygens (including phenoxy) is 1. The first-order valence-corrected chi connectivity index (χ1v) is 7.89. The van der Waals surface area contributed by atoms with Crippen molar-refractivity contribution in [2.24, 2.45) is 0 Å². The van der Waals surface area contributed by atoms with Crippen molar-refractivity contribution in [3.8, 4) is 5.75 Å². The highest BCUT2D eigenvalue weighted by atomic mass is 16.5. The molecule has 126 valence electrons. The molecule has 0 fully saturated rings. The van der Waals surface area contributed by atoms with E-state index in [-0.39, 0.29) is 18.4 Å². The van der Waals surface area contributed by atoms with Crippen LogP contribution in [0.25, 0.3) is 0 Å². The predicted molar refractivity (Wildman–Crippen MR) is 95.4 cm³/mol. The van der Waals surface area contributed by atoms with Crippen molar-refractivity contribution < 1.29 is 14.3 Å². The maximum atomic E-state index is 12.1. The zero-order chi connectivity index (χ0) is 17.5. The number of nitrogens with one attached hydrogen (secondary N) is 2. The molecule has 2 amide bonds. The van der Waals surface area contributed by atoms with Crippen LogP contribution < -0.4 is 15.4 Å². The first-order chi connectivity index (χ1) is 11.5. The van der Waals surface area contributed by atoms with E-state index in [0.29, 0.717) is 11.4 Å². The van der Waals surface area contributed by atoms with Gasteiger partial charge in [0.25, 0.3) is 5.91 Å². The zero-order valence-corrected chi connectivity index (χ0v) is 14.2. The number of carbonyl (C=O) groups excluding carboxylic acids is 2. The maximum Gasteiger partial charge on any atom is 0.262 e. The summed E-state index contributed by atoms with van der Waals surface area (Å²) in [5.74, 6) is 0.323. The van der Waals surface area contributed by atoms with Crippen molar-refractivity contribution in [3.05, 3.63) is 53.6 Å². The number of hydrogen-bond acceptors (Lipinski definition) is 3. The summed E-state index contributed by atoms with van der Waals surface area (Å²) >= 11 is 0. The summed E-state index contributed by atoms with van der Waals surface area (Å²) < 4.78 is 5.61. The summed E-state index contributed by atoms with van der Waals surface area (Å²) in [5.41, 5.74) is 3.19. The molecule has 0 spiro atoms. The third-order valence-electron chi connectivity index (χ3n) is 3.63. The van der Waals surface area contributed by atoms with E-state index in [1.165, 1.54) is 6.92 Å². The number of rotatable bonds is 6. The zero-order valence-electron chi connectivity index (χ0n) is 14.2. The molecule has 0 saturated heterocycles. The van der Waals surface area contributed by atoms with Gasteiger partial charge in [-0.2, -0.15) is 0 Å². The Bertz CT molecular complexity index is 741. The fourth-order valence-corrected chi connectivity index (χ4v) is 2.36. The van der Waals surface area contributed by atoms with Gasteiger partial charge in [-0.25, -0.2) is 0 Å². The van der Waals surface area contributed by atoms with E-state index < -0.39 is 0 Å². The first-order valence-electron chi connectivity index (χ1n) is 7.89. The Morgan fingerprint density at radius 3 is 2.33 bits per heavy atom. The number of aryl methyl sites for hydroxylation is 1. The predicted octanol–water partition coefficient (Wildman–Crippen LogP) is 3.53. The van der Waals surface area contributed by atoms with Crippen molar-refractivity contribution in [2.75, 3.05) is 17.2 Å². The molecule has 0 radical (unpaired) electrons. The molecule has 0 unspecified atom stereocenters. The second-order valence-electron chi connectivity index (χ2n) is 5.46. The average molecular weight is 326 g/mol. The number of carbonyl (C=O) groups is 2. The van der Waals surface area contributed by atoms with Gasteiger partial charge in [0.05, 0.1) is 0 Å². The summed E-state index contributed by atoms with van der Waals surface area (Å²) in [7, 11) is 0. The fraction of sp³-hybridized carbons (Fsp3) is 0.263. The largest absolute Gasteiger partial charge is 0.483 e. The summed E-state index contributed by atoms with van der Waals surface area (Å²) in [6, 6.07) is 13.0. The van der Waals surface area contributed by atoms with Gasteiger partial charge >= 0.3 is 0 Å². The Kier molecular flexibility index (Phi) is 5.95. The summed E-state index contributed by atoms with van der Waals surface area (Å²) in [6.07, 6.45) is 0.843. The monoisotopic (exact) mass is 326 g/mol. The van der Waals surface area contributed by atoms with Gasteiger partial charge in [-0.15, -0.1) is 0 Å². The summed E-state index contributed by atoms with van der Waals surface area (Å²) in [4.78, 5) is 23.3. The molecule has 2 rings (SSSR count). The van der Waals surface area contributed by atoms with Crippen LogP contribution in [-0.4, -0.2) is 18.4 Å². The van der Waals surface area contributed by atoms with Gasteiger partial charge in [-0.1, -0.05) is 31.2 Å². The molecule has 0 aliphatic rings. The highest BCUT2D eigenvalue weighted by molar-refractivity contribution is 5.95. The van der Waals surface area contributed by atoms with E-state index >= 15 is 0 Å². The van der Waals surface area contributed by atoms with Gasteiger partial charge in [0.15, 0.2) is 6.61 Å². The lowest BCUT2D eigenvalue weighted by Gasteiger charge is -2.14. The van der Waals surface area contributed by atoms with Crippen LogP contribution in [0.15, 0.2) is 42.5 Å². The van der Waals surface area contributed by atoms with Gasteiger partial charge in [0, 0.05) is 18.3 Å². The molecular formula is C19H22N2O3. The highest BCUT2D eigenvalue weighted by Crippen LogP contribution is 2.23. The smallest absolute Gasteiger partial charge is 0.262 e. The Morgan fingerprint density at radius 2 is 1.67 bits per heavy atom. The molecule has 2 aromatic rings. The first kappa shape index (κ1) is 17.5. The lowest BCUT2D eigenvalue weighted by Crippen LogP contribution is -2.21. The van der Waals surface area contributed by atoms with Gasteiger partial charge in [0.1, 0.15) is 5.75 Å². The van der Waals surface area contributed by atoms with Crippen LogP contribution >= 0.6 is 0 Å². The molecule has 0 heterocycles. The number of benzene rings is 2. The summed E-state index contributed by atoms with van der Waals surface area (Å²) in [5, 5.41) is 5.55. The maximum absolute atomic E-state index is 12.1. The molecule has 24 heavy (non-hydrogen) atoms. The normalized spacial score (nSPS) is 10.1. The van der Waals surface area contributed by atoms with Crippen molar-refractivity contribution in [1.82, 2.24) is 0 Å². The second kappa shape index (κ2) is 8.15. The van der Waals surface area contributed by atoms with Gasteiger partial charge in [-0.3, -0.25) is 9.59 Å². The van der Waals surface area contributed by atoms with Crippen molar-refractivity contribution in [1.29, 1.82) is 0 Å². The minimum absolute atomic E-state index is 0.0686. The third kappa shape index (κ3) is 4.59. The molecule has 0 bridgehead atoms. The van der Waals surface area contributed by atoms with Crippen molar-refractivity contribution >= 4 is 23.2 Å². The van der Waals surface area contributed by atoms with Crippen LogP contribution in [0.2, 0.25) is 0 Å². The van der Waals surface area contributed by atoms with Crippen LogP contribution in [0.1, 0.15) is 25.0 Å². The van der Waals surface area contributed by atoms with Gasteiger partial charge < -0.3 is 15.4 Å². The highest BCUT2D eigenvalue weighted by Gasteiger charge is 2.10. The van der Waals surface area contributed by atoms with Crippen LogP contribution in [0.4, 0.5) is 11.4 Å². The van der Waals surface area contributed by atoms with Crippen LogP contribution in [0.5, 0.6) is 5.75 Å². The third-order valence-corrected chi connectivity index (χ3v) is 3.63. The molecule has 0 aromatic heterocycles. The minimum atomic E-state index is -0.246. The number of amides is 2. The standard InChI is InChI=1S/C19H22N2O3/c1-4-15-8-5-6-11-18(15)24-12-19(23)21-17-10-7-9-16(13(17)2)20-14(3)22/h5-11H,4,12H2,1-3H3,(H,20,22)(H,21,23). The number of para-hydroxylation sites is 1. The summed E-state index contributed by atoms with van der Waals surface area (Å²) in [6.45, 7) is 5.26. The Labute approximate surface area is 142 Å². The number of anilines is 2. The van der Waals surface area contributed by atoms with E-state index in [0.717, 1.165) is 23.3 Å². The molecular weight excluding hydrogens is 304 g/mol. The molecule has 0 saturated carbocycles. The molecule has 2 aromatic carbocycles. The van der Waals surface area contributed by atoms with E-state index in [4.69, 9.17) is 4.74 Å². The number of hydrogen-bond donors (Lipinski definition) is 2. The molecule has 0 atom stereocenters. The van der Waals surface area contributed by atoms with E-state index in [9.17, 15) is 9.59 Å². The van der Waals surface area contributed by atoms with Crippen LogP contribution in [0, 0.1) is 6.92 Å². The lowest BCUT2D eigenvalue weighted by atomic mass is 10.1. The molecule has 0 aliphatic heterocycles. The topological polar surface area (TPSA) is 67.4 Å². The van der Waals surface area contributed by atoms with Crippen molar-refractivity contribution in [3.63, 3.8) is 0 Å². The average Bonchev–Trinajstić information content (AvgIpc) is 2.56. The van der Waals surface area contributed by atoms with Crippen molar-refractivity contribution in [2.45, 2.75) is 27.2 Å². The quantitative estimate of drug-likeness (QED) is 0.853. The van der Waals surface area contributed by atoms with Gasteiger partial charge in [-0.05, 0) is 42.7 Å². The Hall–Kier alpha value is -2.82. The second-order valence-corrected chi connectivity index (χ2v) is 5.46. The van der Waals surface area contributed by atoms with Gasteiger partial charge in [0.2, 0.25) is 5.91 Å². The molecule has 5 heteroatoms. The van der Waals surface area contributed by atoms with Crippen LogP contribution in [-0.2, 0) is 16.0 Å². The van der Waals surface area contributed by atoms with Crippen LogP contribution in [0.3, 0.4) is 0 Å². The van der Waals surface area contributed by atoms with E-state index in [1.54, 1.807) is 18.2 Å². The fourth-order valence-electron chi connectivity index (χ4n) is 2.36. The molecule has 0 aliphatic carbocycles. The van der Waals surface area contributed by atoms with E-state index in [2.05, 4.69) is 10.6 Å². The molecule has 2 N–H and O–H groups in total. The SMILES string of the molecule is CCc1ccccc1OCC(=O)Nc1cccc(NC(C)=O)c1C.